The third-order valence-corrected chi connectivity index (χ3v) is 5.39. The number of benzene rings is 2. The molecule has 0 fully saturated rings. The Labute approximate surface area is 183 Å². The number of amides is 1. The molecule has 9 heteroatoms. The van der Waals surface area contributed by atoms with E-state index < -0.39 is 0 Å². The third-order valence-electron chi connectivity index (χ3n) is 5.06. The minimum atomic E-state index is -0.359. The largest absolute Gasteiger partial charge is 0.497 e. The van der Waals surface area contributed by atoms with Gasteiger partial charge in [-0.25, -0.2) is 4.98 Å². The van der Waals surface area contributed by atoms with Crippen molar-refractivity contribution in [2.75, 3.05) is 12.0 Å². The highest BCUT2D eigenvalue weighted by Crippen LogP contribution is 2.23. The van der Waals surface area contributed by atoms with E-state index in [2.05, 4.69) is 15.1 Å². The van der Waals surface area contributed by atoms with E-state index in [1.165, 1.54) is 9.42 Å². The molecule has 2 aromatic carbocycles. The van der Waals surface area contributed by atoms with Crippen molar-refractivity contribution in [3.8, 4) is 5.75 Å². The zero-order valence-corrected chi connectivity index (χ0v) is 18.0. The number of ether oxygens (including phenoxy) is 1. The van der Waals surface area contributed by atoms with E-state index in [4.69, 9.17) is 16.3 Å². The van der Waals surface area contributed by atoms with Crippen LogP contribution < -0.4 is 15.2 Å². The number of nitrogens with one attached hydrogen (secondary N) is 1. The maximum absolute atomic E-state index is 13.4. The number of fused-ring (bicyclic) bond motifs is 1. The first-order valence-electron chi connectivity index (χ1n) is 9.54. The molecule has 2 aromatic heterocycles. The smallest absolute Gasteiger partial charge is 0.277 e. The molecule has 0 aliphatic rings. The lowest BCUT2D eigenvalue weighted by Crippen LogP contribution is -2.32. The summed E-state index contributed by atoms with van der Waals surface area (Å²) in [5.41, 5.74) is 1.99. The Kier molecular flexibility index (Phi) is 5.48. The van der Waals surface area contributed by atoms with Crippen molar-refractivity contribution >= 4 is 29.2 Å². The first-order chi connectivity index (χ1) is 14.9. The van der Waals surface area contributed by atoms with Gasteiger partial charge in [-0.2, -0.15) is 9.50 Å². The van der Waals surface area contributed by atoms with E-state index in [0.29, 0.717) is 27.6 Å². The van der Waals surface area contributed by atoms with Crippen LogP contribution in [0.2, 0.25) is 5.02 Å². The molecular formula is C22H20ClN5O3. The average Bonchev–Trinajstić information content (AvgIpc) is 3.20. The molecule has 0 saturated carbocycles. The number of halogens is 1. The number of hydrogen-bond donors (Lipinski definition) is 1. The van der Waals surface area contributed by atoms with Crippen LogP contribution in [-0.2, 0) is 6.54 Å². The standard InChI is InChI=1S/C22H20ClN5O3/c1-13-14(2)24-21-25-22(26-28(21)19(13)29)27(12-15-8-10-16(31-3)11-9-15)20(30)17-6-4-5-7-18(17)23/h4-11H,12H2,1-3H3,(H,24,25,26). The lowest BCUT2D eigenvalue weighted by molar-refractivity contribution is 0.0983. The number of methoxy groups -OCH3 is 1. The van der Waals surface area contributed by atoms with E-state index in [1.54, 1.807) is 45.2 Å². The normalized spacial score (nSPS) is 11.0. The van der Waals surface area contributed by atoms with Gasteiger partial charge in [-0.05, 0) is 43.7 Å². The molecule has 0 atom stereocenters. The summed E-state index contributed by atoms with van der Waals surface area (Å²) >= 11 is 6.28. The third kappa shape index (κ3) is 3.89. The van der Waals surface area contributed by atoms with Gasteiger partial charge >= 0.3 is 0 Å². The van der Waals surface area contributed by atoms with Crippen molar-refractivity contribution < 1.29 is 9.53 Å². The monoisotopic (exact) mass is 437 g/mol. The Hall–Kier alpha value is -3.65. The molecule has 0 unspecified atom stereocenters. The van der Waals surface area contributed by atoms with Gasteiger partial charge in [0.2, 0.25) is 5.95 Å². The number of aromatic nitrogens is 4. The van der Waals surface area contributed by atoms with Crippen LogP contribution in [0.25, 0.3) is 5.78 Å². The molecule has 4 aromatic rings. The van der Waals surface area contributed by atoms with E-state index in [9.17, 15) is 9.59 Å². The predicted octanol–water partition coefficient (Wildman–Crippen LogP) is 3.54. The number of aryl methyl sites for hydroxylation is 1. The van der Waals surface area contributed by atoms with Crippen molar-refractivity contribution in [3.63, 3.8) is 0 Å². The molecule has 8 nitrogen and oxygen atoms in total. The fourth-order valence-corrected chi connectivity index (χ4v) is 3.37. The molecule has 0 aliphatic heterocycles. The van der Waals surface area contributed by atoms with Crippen LogP contribution >= 0.6 is 11.6 Å². The SMILES string of the molecule is COc1ccc(CN(C(=O)c2ccccc2Cl)c2nc3nc(C)c(C)c(=O)n3[nH]2)cc1. The molecule has 158 valence electrons. The molecular weight excluding hydrogens is 418 g/mol. The van der Waals surface area contributed by atoms with E-state index in [-0.39, 0.29) is 29.7 Å². The lowest BCUT2D eigenvalue weighted by atomic mass is 10.1. The maximum Gasteiger partial charge on any atom is 0.277 e. The minimum Gasteiger partial charge on any atom is -0.497 e. The topological polar surface area (TPSA) is 92.6 Å². The first-order valence-corrected chi connectivity index (χ1v) is 9.92. The highest BCUT2D eigenvalue weighted by molar-refractivity contribution is 6.34. The molecule has 2 heterocycles. The number of carbonyl (C=O) groups is 1. The van der Waals surface area contributed by atoms with Gasteiger partial charge in [-0.1, -0.05) is 35.9 Å². The zero-order valence-electron chi connectivity index (χ0n) is 17.2. The fraction of sp³-hybridized carbons (Fsp3) is 0.182. The zero-order chi connectivity index (χ0) is 22.1. The van der Waals surface area contributed by atoms with Crippen molar-refractivity contribution in [1.82, 2.24) is 19.6 Å². The van der Waals surface area contributed by atoms with Gasteiger partial charge < -0.3 is 4.74 Å². The number of hydrogen-bond acceptors (Lipinski definition) is 5. The van der Waals surface area contributed by atoms with Crippen LogP contribution in [0, 0.1) is 13.8 Å². The van der Waals surface area contributed by atoms with E-state index >= 15 is 0 Å². The van der Waals surface area contributed by atoms with E-state index in [1.807, 2.05) is 24.3 Å². The van der Waals surface area contributed by atoms with Crippen molar-refractivity contribution in [3.05, 3.63) is 86.3 Å². The second-order valence-electron chi connectivity index (χ2n) is 7.03. The van der Waals surface area contributed by atoms with Crippen LogP contribution in [0.3, 0.4) is 0 Å². The first kappa shape index (κ1) is 20.6. The van der Waals surface area contributed by atoms with Crippen molar-refractivity contribution in [1.29, 1.82) is 0 Å². The van der Waals surface area contributed by atoms with Crippen LogP contribution in [0.15, 0.2) is 53.3 Å². The molecule has 1 N–H and O–H groups in total. The molecule has 0 bridgehead atoms. The van der Waals surface area contributed by atoms with Crippen molar-refractivity contribution in [2.24, 2.45) is 0 Å². The number of nitrogens with zero attached hydrogens (tertiary/aromatic N) is 4. The lowest BCUT2D eigenvalue weighted by Gasteiger charge is -2.20. The quantitative estimate of drug-likeness (QED) is 0.515. The molecule has 4 rings (SSSR count). The highest BCUT2D eigenvalue weighted by atomic mass is 35.5. The van der Waals surface area contributed by atoms with Crippen LogP contribution in [0.4, 0.5) is 5.95 Å². The van der Waals surface area contributed by atoms with Gasteiger partial charge in [0.25, 0.3) is 17.2 Å². The maximum atomic E-state index is 13.4. The van der Waals surface area contributed by atoms with Gasteiger partial charge in [0.15, 0.2) is 0 Å². The Balaban J connectivity index is 1.82. The Morgan fingerprint density at radius 1 is 1.13 bits per heavy atom. The summed E-state index contributed by atoms with van der Waals surface area (Å²) < 4.78 is 6.44. The predicted molar refractivity (Wildman–Crippen MR) is 118 cm³/mol. The molecule has 0 aliphatic carbocycles. The summed E-state index contributed by atoms with van der Waals surface area (Å²) in [7, 11) is 1.59. The van der Waals surface area contributed by atoms with Crippen molar-refractivity contribution in [2.45, 2.75) is 20.4 Å². The summed E-state index contributed by atoms with van der Waals surface area (Å²) in [5.74, 6) is 0.727. The van der Waals surface area contributed by atoms with Gasteiger partial charge in [0.05, 0.1) is 24.2 Å². The second kappa shape index (κ2) is 8.23. The number of H-pyrrole nitrogens is 1. The molecule has 1 amide bonds. The molecule has 0 radical (unpaired) electrons. The van der Waals surface area contributed by atoms with Gasteiger partial charge in [0, 0.05) is 11.3 Å². The van der Waals surface area contributed by atoms with Gasteiger partial charge in [-0.15, -0.1) is 0 Å². The Bertz CT molecular complexity index is 1330. The van der Waals surface area contributed by atoms with Gasteiger partial charge in [0.1, 0.15) is 5.75 Å². The number of anilines is 1. The Morgan fingerprint density at radius 3 is 2.52 bits per heavy atom. The Morgan fingerprint density at radius 2 is 1.84 bits per heavy atom. The van der Waals surface area contributed by atoms with Crippen LogP contribution in [0.5, 0.6) is 5.75 Å². The summed E-state index contributed by atoms with van der Waals surface area (Å²) in [5, 5.41) is 3.24. The fourth-order valence-electron chi connectivity index (χ4n) is 3.15. The van der Waals surface area contributed by atoms with Crippen LogP contribution in [0.1, 0.15) is 27.2 Å². The van der Waals surface area contributed by atoms with Gasteiger partial charge in [-0.3, -0.25) is 19.6 Å². The van der Waals surface area contributed by atoms with E-state index in [0.717, 1.165) is 5.56 Å². The molecule has 0 saturated heterocycles. The van der Waals surface area contributed by atoms with Crippen LogP contribution in [-0.4, -0.2) is 32.6 Å². The summed E-state index contributed by atoms with van der Waals surface area (Å²) in [6, 6.07) is 14.1. The summed E-state index contributed by atoms with van der Waals surface area (Å²) in [6.07, 6.45) is 0. The molecule has 0 spiro atoms. The average molecular weight is 438 g/mol. The minimum absolute atomic E-state index is 0.190. The number of carbonyl (C=O) groups excluding carboxylic acids is 1. The number of aromatic amines is 1. The summed E-state index contributed by atoms with van der Waals surface area (Å²) in [6.45, 7) is 3.64. The highest BCUT2D eigenvalue weighted by Gasteiger charge is 2.24. The number of rotatable bonds is 5. The summed E-state index contributed by atoms with van der Waals surface area (Å²) in [4.78, 5) is 36.3. The second-order valence-corrected chi connectivity index (χ2v) is 7.44. The molecule has 31 heavy (non-hydrogen) atoms.